The van der Waals surface area contributed by atoms with Crippen LogP contribution in [0.2, 0.25) is 5.02 Å². The molecule has 1 aliphatic rings. The maximum atomic E-state index is 15.3. The van der Waals surface area contributed by atoms with Gasteiger partial charge in [0.2, 0.25) is 11.8 Å². The number of amides is 3. The van der Waals surface area contributed by atoms with Crippen LogP contribution in [0.15, 0.2) is 188 Å². The van der Waals surface area contributed by atoms with E-state index in [0.29, 0.717) is 29.0 Å². The monoisotopic (exact) mass is 1210 g/mol. The molecule has 0 spiro atoms. The summed E-state index contributed by atoms with van der Waals surface area (Å²) in [4.78, 5) is 107. The predicted octanol–water partition coefficient (Wildman–Crippen LogP) is 14.5. The molecule has 4 bridgehead atoms. The second kappa shape index (κ2) is 28.4. The molecule has 89 heavy (non-hydrogen) atoms. The topological polar surface area (TPSA) is 174 Å². The summed E-state index contributed by atoms with van der Waals surface area (Å²) in [7, 11) is 1.57. The number of carbonyl (C=O) groups is 7. The van der Waals surface area contributed by atoms with Crippen LogP contribution in [0.5, 0.6) is 0 Å². The van der Waals surface area contributed by atoms with Crippen molar-refractivity contribution in [1.82, 2.24) is 25.1 Å². The molecule has 9 rings (SSSR count). The third-order valence-corrected chi connectivity index (χ3v) is 17.1. The van der Waals surface area contributed by atoms with Crippen molar-refractivity contribution in [3.8, 4) is 22.3 Å². The Morgan fingerprint density at radius 2 is 1.28 bits per heavy atom. The molecule has 0 fully saturated rings. The zero-order valence-electron chi connectivity index (χ0n) is 51.9. The number of hydrogen-bond acceptors (Lipinski definition) is 9. The molecule has 0 saturated carbocycles. The Balaban J connectivity index is 0.978. The Morgan fingerprint density at radius 3 is 1.87 bits per heavy atom. The van der Waals surface area contributed by atoms with Crippen LogP contribution in [0, 0.1) is 31.6 Å². The van der Waals surface area contributed by atoms with Crippen LogP contribution in [-0.2, 0) is 35.9 Å². The van der Waals surface area contributed by atoms with E-state index in [2.05, 4.69) is 47.0 Å². The fraction of sp³-hybridized carbons (Fsp3) is 0.307. The number of aryl methyl sites for hydroxylation is 2. The Hall–Kier alpha value is -9.07. The van der Waals surface area contributed by atoms with E-state index in [1.54, 1.807) is 78.5 Å². The zero-order valence-corrected chi connectivity index (χ0v) is 52.7. The number of fused-ring (bicyclic) bond motifs is 5. The van der Waals surface area contributed by atoms with E-state index >= 15 is 9.59 Å². The number of ketones is 4. The van der Waals surface area contributed by atoms with Gasteiger partial charge >= 0.3 is 6.09 Å². The van der Waals surface area contributed by atoms with Gasteiger partial charge in [-0.2, -0.15) is 0 Å². The van der Waals surface area contributed by atoms with E-state index in [9.17, 15) is 24.0 Å². The minimum Gasteiger partial charge on any atom is -0.444 e. The second-order valence-electron chi connectivity index (χ2n) is 24.7. The fourth-order valence-corrected chi connectivity index (χ4v) is 12.2. The Morgan fingerprint density at radius 1 is 0.719 bits per heavy atom. The number of rotatable bonds is 20. The van der Waals surface area contributed by atoms with Gasteiger partial charge in [0.15, 0.2) is 23.1 Å². The van der Waals surface area contributed by atoms with Crippen molar-refractivity contribution < 1.29 is 38.3 Å². The molecule has 0 saturated heterocycles. The van der Waals surface area contributed by atoms with Gasteiger partial charge in [0.25, 0.3) is 0 Å². The smallest absolute Gasteiger partial charge is 0.407 e. The summed E-state index contributed by atoms with van der Waals surface area (Å²) in [6.45, 7) is 12.9. The molecule has 5 atom stereocenters. The summed E-state index contributed by atoms with van der Waals surface area (Å²) >= 11 is 6.15. The number of alkyl carbamates (subject to hydrolysis) is 1. The predicted molar refractivity (Wildman–Crippen MR) is 349 cm³/mol. The molecular weight excluding hydrogens is 1130 g/mol. The third kappa shape index (κ3) is 15.3. The molecule has 1 aliphatic heterocycles. The summed E-state index contributed by atoms with van der Waals surface area (Å²) in [6, 6.07) is 54.0. The van der Waals surface area contributed by atoms with Gasteiger partial charge in [-0.1, -0.05) is 190 Å². The number of unbranched alkanes of at least 4 members (excludes halogenated alkanes) is 1. The highest BCUT2D eigenvalue weighted by Gasteiger charge is 2.40. The first-order chi connectivity index (χ1) is 42.6. The lowest BCUT2D eigenvalue weighted by Crippen LogP contribution is -2.46. The minimum absolute atomic E-state index is 0.115. The second-order valence-corrected chi connectivity index (χ2v) is 25.1. The maximum absolute atomic E-state index is 15.3. The third-order valence-electron chi connectivity index (χ3n) is 16.9. The van der Waals surface area contributed by atoms with Crippen molar-refractivity contribution in [3.63, 3.8) is 0 Å². The lowest BCUT2D eigenvalue weighted by Gasteiger charge is -2.37. The molecular formula is C75H78ClN5O8. The molecule has 2 heterocycles. The first-order valence-corrected chi connectivity index (χ1v) is 30.9. The van der Waals surface area contributed by atoms with E-state index in [1.165, 1.54) is 4.90 Å². The van der Waals surface area contributed by atoms with Crippen molar-refractivity contribution >= 4 is 52.6 Å². The van der Waals surface area contributed by atoms with E-state index in [0.717, 1.165) is 55.6 Å². The molecule has 0 radical (unpaired) electrons. The number of nitrogens with one attached hydrogen (secondary N) is 2. The van der Waals surface area contributed by atoms with Crippen LogP contribution in [0.4, 0.5) is 4.79 Å². The zero-order chi connectivity index (χ0) is 63.6. The molecule has 2 N–H and O–H groups in total. The van der Waals surface area contributed by atoms with Gasteiger partial charge in [-0.25, -0.2) is 9.78 Å². The van der Waals surface area contributed by atoms with Gasteiger partial charge in [-0.05, 0) is 133 Å². The normalized spacial score (nSPS) is 16.0. The summed E-state index contributed by atoms with van der Waals surface area (Å²) < 4.78 is 7.38. The summed E-state index contributed by atoms with van der Waals surface area (Å²) in [5.41, 5.74) is 8.47. The van der Waals surface area contributed by atoms with Crippen molar-refractivity contribution in [1.29, 1.82) is 0 Å². The van der Waals surface area contributed by atoms with Crippen LogP contribution in [0.25, 0.3) is 22.3 Å². The molecule has 0 unspecified atom stereocenters. The van der Waals surface area contributed by atoms with Crippen molar-refractivity contribution in [2.45, 2.75) is 117 Å². The first kappa shape index (κ1) is 64.4. The molecule has 1 aromatic heterocycles. The van der Waals surface area contributed by atoms with Crippen LogP contribution in [0.1, 0.15) is 139 Å². The highest BCUT2D eigenvalue weighted by Crippen LogP contribution is 2.42. The molecule has 7 aromatic carbocycles. The number of halogens is 1. The molecule has 13 nitrogen and oxygen atoms in total. The van der Waals surface area contributed by atoms with Gasteiger partial charge in [-0.3, -0.25) is 28.8 Å². The standard InChI is InChI=1S/C75H78ClN5O8/c1-48-27-29-52-42-62(48)63-44-56(30-28-49(63)2)69(80(8)72(87)57(20-18-19-39-77-73(88)89-74(5,6)7)45-66(82)55-33-31-53(32-34-55)54-35-37-61(76)38-36-54)68(84)41-51(4)71(86)79-64(43-52)67(83)40-50(3)70(85)65-46-81(47-78-65)75(58-21-12-9-13-22-58,59-23-14-10-15-24-59)60-25-16-11-17-26-60/h9-17,21-38,42,44,46-47,50-51,57,64,69H,18-20,39-41,43,45H2,1-8H3,(H,77,88)(H,79,86)/t50-,51-,57-,64+,69+/m1/s1. The molecule has 14 heteroatoms. The number of Topliss-reactive ketones (excluding diaryl/α,β-unsaturated/α-hetero) is 4. The maximum Gasteiger partial charge on any atom is 0.407 e. The first-order valence-electron chi connectivity index (χ1n) is 30.6. The number of likely N-dealkylation sites (N-methyl/N-ethyl adjacent to an activating group) is 1. The van der Waals surface area contributed by atoms with E-state index in [-0.39, 0.29) is 61.7 Å². The quantitative estimate of drug-likeness (QED) is 0.0428. The minimum atomic E-state index is -1.18. The summed E-state index contributed by atoms with van der Waals surface area (Å²) in [5.74, 6) is -5.02. The lowest BCUT2D eigenvalue weighted by atomic mass is 9.76. The highest BCUT2D eigenvalue weighted by atomic mass is 35.5. The van der Waals surface area contributed by atoms with Gasteiger partial charge in [0, 0.05) is 67.4 Å². The average molecular weight is 1210 g/mol. The van der Waals surface area contributed by atoms with Crippen LogP contribution >= 0.6 is 11.6 Å². The molecule has 0 aliphatic carbocycles. The number of nitrogens with zero attached hydrogens (tertiary/aromatic N) is 3. The Labute approximate surface area is 527 Å². The molecule has 458 valence electrons. The molecule has 3 amide bonds. The van der Waals surface area contributed by atoms with Crippen LogP contribution in [-0.4, -0.2) is 80.7 Å². The van der Waals surface area contributed by atoms with Crippen LogP contribution in [0.3, 0.4) is 0 Å². The summed E-state index contributed by atoms with van der Waals surface area (Å²) in [5, 5.41) is 6.39. The van der Waals surface area contributed by atoms with E-state index < -0.39 is 64.7 Å². The SMILES string of the molecule is Cc1ccc2cc1-c1cc(ccc1C)[C@H](N(C)C(=O)[C@H](CCCCNC(=O)OC(C)(C)C)CC(=O)c1ccc(-c3ccc(Cl)cc3)cc1)C(=O)C[C@@H](C)C(=O)N[C@H](C(=O)C[C@@H](C)C(=O)c1cn(C(c3ccccc3)(c3ccccc3)c3ccccc3)cn1)C2. The largest absolute Gasteiger partial charge is 0.444 e. The number of ether oxygens (including phenoxy) is 1. The van der Waals surface area contributed by atoms with Gasteiger partial charge in [0.1, 0.15) is 22.9 Å². The van der Waals surface area contributed by atoms with Crippen LogP contribution < -0.4 is 10.6 Å². The Bertz CT molecular complexity index is 3740. The average Bonchev–Trinajstić information content (AvgIpc) is 1.75. The number of hydrogen-bond donors (Lipinski definition) is 2. The van der Waals surface area contributed by atoms with E-state index in [1.807, 2.05) is 134 Å². The number of imidazole rings is 1. The number of carbonyl (C=O) groups excluding carboxylic acids is 7. The number of benzene rings is 7. The number of aromatic nitrogens is 2. The van der Waals surface area contributed by atoms with Gasteiger partial charge in [0.05, 0.1) is 12.4 Å². The van der Waals surface area contributed by atoms with Crippen molar-refractivity contribution in [2.75, 3.05) is 13.6 Å². The van der Waals surface area contributed by atoms with Crippen molar-refractivity contribution in [2.24, 2.45) is 17.8 Å². The van der Waals surface area contributed by atoms with Gasteiger partial charge < -0.3 is 24.8 Å². The molecule has 8 aromatic rings. The van der Waals surface area contributed by atoms with Gasteiger partial charge in [-0.15, -0.1) is 0 Å². The van der Waals surface area contributed by atoms with E-state index in [4.69, 9.17) is 21.3 Å². The summed E-state index contributed by atoms with van der Waals surface area (Å²) in [6.07, 6.45) is 3.51. The Kier molecular flexibility index (Phi) is 20.5. The lowest BCUT2D eigenvalue weighted by molar-refractivity contribution is -0.142. The highest BCUT2D eigenvalue weighted by molar-refractivity contribution is 6.30. The fourth-order valence-electron chi connectivity index (χ4n) is 12.1. The van der Waals surface area contributed by atoms with Crippen molar-refractivity contribution in [3.05, 3.63) is 244 Å².